The molecule has 0 amide bonds. The Kier molecular flexibility index (Phi) is 10.2. The zero-order valence-electron chi connectivity index (χ0n) is 14.8. The minimum atomic E-state index is -0.197. The zero-order chi connectivity index (χ0) is 16.5. The number of aliphatic imine (C=N–C) groups is 1. The van der Waals surface area contributed by atoms with Crippen molar-refractivity contribution in [2.45, 2.75) is 32.2 Å². The standard InChI is InChI=1S/C18H29FN4.HI/c1-20-18(21-11-3-4-12-23-13-5-6-14-23)22(2)15-16-7-9-17(19)10-8-16;/h7-10H,3-6,11-15H2,1-2H3,(H,20,21);1H. The predicted molar refractivity (Wildman–Crippen MR) is 110 cm³/mol. The molecular weight excluding hydrogens is 418 g/mol. The van der Waals surface area contributed by atoms with E-state index < -0.39 is 0 Å². The average Bonchev–Trinajstić information content (AvgIpc) is 3.06. The molecule has 1 aliphatic heterocycles. The molecule has 2 rings (SSSR count). The number of hydrogen-bond donors (Lipinski definition) is 1. The van der Waals surface area contributed by atoms with Crippen LogP contribution in [0.3, 0.4) is 0 Å². The topological polar surface area (TPSA) is 30.9 Å². The lowest BCUT2D eigenvalue weighted by atomic mass is 10.2. The highest BCUT2D eigenvalue weighted by molar-refractivity contribution is 14.0. The second kappa shape index (κ2) is 11.6. The highest BCUT2D eigenvalue weighted by atomic mass is 127. The van der Waals surface area contributed by atoms with Gasteiger partial charge in [-0.05, 0) is 63.0 Å². The van der Waals surface area contributed by atoms with Crippen LogP contribution >= 0.6 is 24.0 Å². The van der Waals surface area contributed by atoms with Crippen molar-refractivity contribution < 1.29 is 4.39 Å². The lowest BCUT2D eigenvalue weighted by Crippen LogP contribution is -2.39. The Morgan fingerprint density at radius 3 is 2.50 bits per heavy atom. The van der Waals surface area contributed by atoms with E-state index in [4.69, 9.17) is 0 Å². The summed E-state index contributed by atoms with van der Waals surface area (Å²) >= 11 is 0. The number of nitrogens with one attached hydrogen (secondary N) is 1. The fourth-order valence-corrected chi connectivity index (χ4v) is 2.99. The Labute approximate surface area is 162 Å². The normalized spacial score (nSPS) is 15.2. The third kappa shape index (κ3) is 7.34. The Morgan fingerprint density at radius 1 is 1.21 bits per heavy atom. The monoisotopic (exact) mass is 448 g/mol. The van der Waals surface area contributed by atoms with Gasteiger partial charge in [0.05, 0.1) is 0 Å². The minimum Gasteiger partial charge on any atom is -0.356 e. The van der Waals surface area contributed by atoms with Crippen LogP contribution in [0.4, 0.5) is 4.39 Å². The molecule has 6 heteroatoms. The first-order valence-corrected chi connectivity index (χ1v) is 8.57. The van der Waals surface area contributed by atoms with Gasteiger partial charge in [0.15, 0.2) is 5.96 Å². The quantitative estimate of drug-likeness (QED) is 0.301. The number of rotatable bonds is 7. The van der Waals surface area contributed by atoms with Crippen LogP contribution in [-0.4, -0.2) is 56.0 Å². The molecule has 0 saturated carbocycles. The van der Waals surface area contributed by atoms with E-state index in [1.807, 2.05) is 19.2 Å². The van der Waals surface area contributed by atoms with E-state index >= 15 is 0 Å². The molecule has 24 heavy (non-hydrogen) atoms. The van der Waals surface area contributed by atoms with Crippen molar-refractivity contribution in [2.24, 2.45) is 4.99 Å². The highest BCUT2D eigenvalue weighted by Gasteiger charge is 2.10. The smallest absolute Gasteiger partial charge is 0.193 e. The van der Waals surface area contributed by atoms with Crippen LogP contribution in [0.2, 0.25) is 0 Å². The third-order valence-corrected chi connectivity index (χ3v) is 4.29. The summed E-state index contributed by atoms with van der Waals surface area (Å²) in [5.41, 5.74) is 1.07. The second-order valence-electron chi connectivity index (χ2n) is 6.21. The first-order valence-electron chi connectivity index (χ1n) is 8.57. The molecule has 1 aliphatic rings. The fourth-order valence-electron chi connectivity index (χ4n) is 2.99. The van der Waals surface area contributed by atoms with Crippen molar-refractivity contribution in [1.29, 1.82) is 0 Å². The van der Waals surface area contributed by atoms with Gasteiger partial charge in [-0.25, -0.2) is 4.39 Å². The Morgan fingerprint density at radius 2 is 1.88 bits per heavy atom. The number of nitrogens with zero attached hydrogens (tertiary/aromatic N) is 3. The van der Waals surface area contributed by atoms with Gasteiger partial charge in [-0.1, -0.05) is 12.1 Å². The molecular formula is C18H30FIN4. The molecule has 0 aromatic heterocycles. The number of hydrogen-bond acceptors (Lipinski definition) is 2. The van der Waals surface area contributed by atoms with E-state index in [-0.39, 0.29) is 29.8 Å². The molecule has 0 radical (unpaired) electrons. The first kappa shape index (κ1) is 21.2. The molecule has 1 aromatic carbocycles. The van der Waals surface area contributed by atoms with Gasteiger partial charge in [0.25, 0.3) is 0 Å². The molecule has 0 bridgehead atoms. The van der Waals surface area contributed by atoms with Gasteiger partial charge in [0, 0.05) is 27.2 Å². The molecule has 1 fully saturated rings. The lowest BCUT2D eigenvalue weighted by molar-refractivity contribution is 0.330. The molecule has 1 N–H and O–H groups in total. The van der Waals surface area contributed by atoms with Gasteiger partial charge in [-0.3, -0.25) is 4.99 Å². The summed E-state index contributed by atoms with van der Waals surface area (Å²) in [4.78, 5) is 8.94. The predicted octanol–water partition coefficient (Wildman–Crippen LogP) is 3.33. The van der Waals surface area contributed by atoms with Crippen LogP contribution in [0.25, 0.3) is 0 Å². The molecule has 0 aliphatic carbocycles. The summed E-state index contributed by atoms with van der Waals surface area (Å²) in [6.45, 7) is 5.42. The average molecular weight is 448 g/mol. The zero-order valence-corrected chi connectivity index (χ0v) is 17.1. The van der Waals surface area contributed by atoms with Crippen LogP contribution in [0.15, 0.2) is 29.3 Å². The van der Waals surface area contributed by atoms with Gasteiger partial charge in [-0.15, -0.1) is 24.0 Å². The van der Waals surface area contributed by atoms with Crippen LogP contribution in [0.5, 0.6) is 0 Å². The Hall–Kier alpha value is -0.890. The van der Waals surface area contributed by atoms with Crippen molar-refractivity contribution >= 4 is 29.9 Å². The molecule has 0 spiro atoms. The van der Waals surface area contributed by atoms with Crippen molar-refractivity contribution in [3.8, 4) is 0 Å². The number of benzene rings is 1. The van der Waals surface area contributed by atoms with E-state index in [0.29, 0.717) is 6.54 Å². The second-order valence-corrected chi connectivity index (χ2v) is 6.21. The highest BCUT2D eigenvalue weighted by Crippen LogP contribution is 2.08. The summed E-state index contributed by atoms with van der Waals surface area (Å²) in [6.07, 6.45) is 5.10. The SMILES string of the molecule is CN=C(NCCCCN1CCCC1)N(C)Cc1ccc(F)cc1.I. The Balaban J connectivity index is 0.00000288. The first-order chi connectivity index (χ1) is 11.2. The van der Waals surface area contributed by atoms with Crippen LogP contribution in [0.1, 0.15) is 31.2 Å². The summed E-state index contributed by atoms with van der Waals surface area (Å²) in [7, 11) is 3.80. The number of likely N-dealkylation sites (tertiary alicyclic amines) is 1. The summed E-state index contributed by atoms with van der Waals surface area (Å²) in [5, 5.41) is 3.41. The largest absolute Gasteiger partial charge is 0.356 e. The van der Waals surface area contributed by atoms with Gasteiger partial charge in [0.2, 0.25) is 0 Å². The maximum absolute atomic E-state index is 12.9. The Bertz CT molecular complexity index is 486. The molecule has 1 saturated heterocycles. The van der Waals surface area contributed by atoms with Crippen molar-refractivity contribution in [1.82, 2.24) is 15.1 Å². The molecule has 1 aromatic rings. The van der Waals surface area contributed by atoms with Gasteiger partial charge >= 0.3 is 0 Å². The van der Waals surface area contributed by atoms with E-state index in [1.54, 1.807) is 7.05 Å². The summed E-state index contributed by atoms with van der Waals surface area (Å²) in [5.74, 6) is 0.687. The number of guanidine groups is 1. The van der Waals surface area contributed by atoms with Crippen molar-refractivity contribution in [3.05, 3.63) is 35.6 Å². The summed E-state index contributed by atoms with van der Waals surface area (Å²) < 4.78 is 12.9. The summed E-state index contributed by atoms with van der Waals surface area (Å²) in [6, 6.07) is 6.62. The minimum absolute atomic E-state index is 0. The maximum atomic E-state index is 12.9. The van der Waals surface area contributed by atoms with Gasteiger partial charge < -0.3 is 15.1 Å². The fraction of sp³-hybridized carbons (Fsp3) is 0.611. The molecule has 0 unspecified atom stereocenters. The molecule has 4 nitrogen and oxygen atoms in total. The lowest BCUT2D eigenvalue weighted by Gasteiger charge is -2.22. The van der Waals surface area contributed by atoms with Crippen LogP contribution in [-0.2, 0) is 6.54 Å². The van der Waals surface area contributed by atoms with E-state index in [2.05, 4.69) is 20.1 Å². The van der Waals surface area contributed by atoms with Gasteiger partial charge in [0.1, 0.15) is 5.82 Å². The molecule has 136 valence electrons. The molecule has 1 heterocycles. The van der Waals surface area contributed by atoms with Crippen molar-refractivity contribution in [3.63, 3.8) is 0 Å². The van der Waals surface area contributed by atoms with Crippen LogP contribution < -0.4 is 5.32 Å². The molecule has 0 atom stereocenters. The van der Waals surface area contributed by atoms with Crippen molar-refractivity contribution in [2.75, 3.05) is 40.3 Å². The number of unbranched alkanes of at least 4 members (excludes halogenated alkanes) is 1. The maximum Gasteiger partial charge on any atom is 0.193 e. The van der Waals surface area contributed by atoms with Crippen LogP contribution in [0, 0.1) is 5.82 Å². The van der Waals surface area contributed by atoms with E-state index in [9.17, 15) is 4.39 Å². The third-order valence-electron chi connectivity index (χ3n) is 4.29. The number of halogens is 2. The van der Waals surface area contributed by atoms with Gasteiger partial charge in [-0.2, -0.15) is 0 Å². The van der Waals surface area contributed by atoms with E-state index in [1.165, 1.54) is 51.0 Å². The van der Waals surface area contributed by atoms with E-state index in [0.717, 1.165) is 24.5 Å².